The average Bonchev–Trinajstić information content (AvgIpc) is 2.16. The molecule has 0 amide bonds. The molecule has 0 unspecified atom stereocenters. The topological polar surface area (TPSA) is 43.4 Å². The molecule has 3 nitrogen and oxygen atoms in total. The first kappa shape index (κ1) is 10.4. The van der Waals surface area contributed by atoms with Gasteiger partial charge in [-0.3, -0.25) is 9.59 Å². The van der Waals surface area contributed by atoms with Crippen LogP contribution in [0.15, 0.2) is 35.6 Å². The van der Waals surface area contributed by atoms with Crippen LogP contribution in [0.25, 0.3) is 0 Å². The van der Waals surface area contributed by atoms with Gasteiger partial charge in [0, 0.05) is 11.1 Å². The Kier molecular flexibility index (Phi) is 3.02. The second-order valence-corrected chi connectivity index (χ2v) is 3.01. The van der Waals surface area contributed by atoms with Crippen LogP contribution in [0, 0.1) is 0 Å². The lowest BCUT2D eigenvalue weighted by Crippen LogP contribution is -2.19. The Bertz CT molecular complexity index is 359. The standard InChI is InChI=1S/C11H12O3/c1-4-5-8-6-9(12)7(2)11(14-3)10(8)13/h4,6H,1,5H2,2-3H3. The lowest BCUT2D eigenvalue weighted by molar-refractivity contribution is -0.118. The predicted molar refractivity (Wildman–Crippen MR) is 52.6 cm³/mol. The van der Waals surface area contributed by atoms with Crippen molar-refractivity contribution in [1.29, 1.82) is 0 Å². The smallest absolute Gasteiger partial charge is 0.224 e. The van der Waals surface area contributed by atoms with E-state index < -0.39 is 0 Å². The summed E-state index contributed by atoms with van der Waals surface area (Å²) in [4.78, 5) is 23.0. The highest BCUT2D eigenvalue weighted by atomic mass is 16.5. The van der Waals surface area contributed by atoms with Crippen molar-refractivity contribution in [2.24, 2.45) is 0 Å². The Labute approximate surface area is 82.8 Å². The molecular weight excluding hydrogens is 180 g/mol. The van der Waals surface area contributed by atoms with Gasteiger partial charge in [0.15, 0.2) is 11.5 Å². The molecule has 1 aliphatic carbocycles. The Hall–Kier alpha value is -1.64. The summed E-state index contributed by atoms with van der Waals surface area (Å²) in [5, 5.41) is 0. The molecule has 3 heteroatoms. The third-order valence-corrected chi connectivity index (χ3v) is 2.08. The molecule has 0 aliphatic heterocycles. The molecule has 0 spiro atoms. The summed E-state index contributed by atoms with van der Waals surface area (Å²) >= 11 is 0. The van der Waals surface area contributed by atoms with E-state index in [0.717, 1.165) is 0 Å². The van der Waals surface area contributed by atoms with Gasteiger partial charge in [0.2, 0.25) is 5.78 Å². The van der Waals surface area contributed by atoms with E-state index >= 15 is 0 Å². The van der Waals surface area contributed by atoms with Crippen molar-refractivity contribution in [3.63, 3.8) is 0 Å². The molecule has 0 saturated carbocycles. The molecule has 0 N–H and O–H groups in total. The van der Waals surface area contributed by atoms with Crippen LogP contribution in [0.1, 0.15) is 13.3 Å². The van der Waals surface area contributed by atoms with Crippen LogP contribution in [0.4, 0.5) is 0 Å². The maximum absolute atomic E-state index is 11.7. The van der Waals surface area contributed by atoms with E-state index in [9.17, 15) is 9.59 Å². The lowest BCUT2D eigenvalue weighted by atomic mass is 9.94. The van der Waals surface area contributed by atoms with Crippen molar-refractivity contribution in [3.8, 4) is 0 Å². The maximum atomic E-state index is 11.7. The number of allylic oxidation sites excluding steroid dienone is 4. The zero-order valence-corrected chi connectivity index (χ0v) is 8.29. The van der Waals surface area contributed by atoms with Gasteiger partial charge in [0.05, 0.1) is 7.11 Å². The van der Waals surface area contributed by atoms with Crippen molar-refractivity contribution in [3.05, 3.63) is 35.6 Å². The fourth-order valence-corrected chi connectivity index (χ4v) is 1.31. The quantitative estimate of drug-likeness (QED) is 0.503. The molecule has 0 radical (unpaired) electrons. The van der Waals surface area contributed by atoms with Crippen molar-refractivity contribution in [2.45, 2.75) is 13.3 Å². The fourth-order valence-electron chi connectivity index (χ4n) is 1.31. The van der Waals surface area contributed by atoms with Gasteiger partial charge in [-0.1, -0.05) is 6.08 Å². The van der Waals surface area contributed by atoms with Crippen LogP contribution in [0.2, 0.25) is 0 Å². The van der Waals surface area contributed by atoms with Crippen LogP contribution in [-0.4, -0.2) is 18.7 Å². The van der Waals surface area contributed by atoms with Crippen molar-refractivity contribution in [1.82, 2.24) is 0 Å². The van der Waals surface area contributed by atoms with E-state index in [0.29, 0.717) is 17.6 Å². The Morgan fingerprint density at radius 1 is 1.50 bits per heavy atom. The Balaban J connectivity index is 3.09. The number of rotatable bonds is 3. The van der Waals surface area contributed by atoms with E-state index in [1.165, 1.54) is 13.2 Å². The Morgan fingerprint density at radius 3 is 2.64 bits per heavy atom. The van der Waals surface area contributed by atoms with Gasteiger partial charge in [-0.15, -0.1) is 6.58 Å². The highest BCUT2D eigenvalue weighted by Gasteiger charge is 2.25. The highest BCUT2D eigenvalue weighted by molar-refractivity contribution is 6.21. The molecule has 0 fully saturated rings. The summed E-state index contributed by atoms with van der Waals surface area (Å²) < 4.78 is 4.90. The fraction of sp³-hybridized carbons (Fsp3) is 0.273. The lowest BCUT2D eigenvalue weighted by Gasteiger charge is -2.14. The first-order valence-electron chi connectivity index (χ1n) is 4.27. The van der Waals surface area contributed by atoms with Gasteiger partial charge in [0.25, 0.3) is 0 Å². The highest BCUT2D eigenvalue weighted by Crippen LogP contribution is 2.21. The molecule has 0 saturated heterocycles. The largest absolute Gasteiger partial charge is 0.492 e. The normalized spacial score (nSPS) is 16.9. The van der Waals surface area contributed by atoms with E-state index in [1.54, 1.807) is 13.0 Å². The first-order valence-corrected chi connectivity index (χ1v) is 4.27. The summed E-state index contributed by atoms with van der Waals surface area (Å²) in [5.74, 6) is -0.239. The van der Waals surface area contributed by atoms with Gasteiger partial charge in [-0.2, -0.15) is 0 Å². The summed E-state index contributed by atoms with van der Waals surface area (Å²) in [7, 11) is 1.39. The molecule has 0 aromatic carbocycles. The second-order valence-electron chi connectivity index (χ2n) is 3.01. The number of hydrogen-bond acceptors (Lipinski definition) is 3. The van der Waals surface area contributed by atoms with Gasteiger partial charge in [-0.25, -0.2) is 0 Å². The summed E-state index contributed by atoms with van der Waals surface area (Å²) in [6.45, 7) is 5.11. The van der Waals surface area contributed by atoms with Gasteiger partial charge in [0.1, 0.15) is 0 Å². The van der Waals surface area contributed by atoms with E-state index in [4.69, 9.17) is 4.74 Å². The number of carbonyl (C=O) groups is 2. The number of Topliss-reactive ketones (excluding diaryl/α,β-unsaturated/α-hetero) is 1. The van der Waals surface area contributed by atoms with Crippen LogP contribution in [-0.2, 0) is 14.3 Å². The van der Waals surface area contributed by atoms with Crippen LogP contribution in [0.5, 0.6) is 0 Å². The zero-order chi connectivity index (χ0) is 10.7. The van der Waals surface area contributed by atoms with E-state index in [2.05, 4.69) is 6.58 Å². The molecule has 0 bridgehead atoms. The van der Waals surface area contributed by atoms with E-state index in [-0.39, 0.29) is 17.3 Å². The minimum atomic E-state index is -0.218. The van der Waals surface area contributed by atoms with Crippen LogP contribution in [0.3, 0.4) is 0 Å². The maximum Gasteiger partial charge on any atom is 0.224 e. The Morgan fingerprint density at radius 2 is 2.14 bits per heavy atom. The number of hydrogen-bond donors (Lipinski definition) is 0. The number of ether oxygens (including phenoxy) is 1. The van der Waals surface area contributed by atoms with Crippen molar-refractivity contribution >= 4 is 11.6 Å². The third-order valence-electron chi connectivity index (χ3n) is 2.08. The monoisotopic (exact) mass is 192 g/mol. The minimum Gasteiger partial charge on any atom is -0.492 e. The zero-order valence-electron chi connectivity index (χ0n) is 8.29. The SMILES string of the molecule is C=CCC1=CC(=O)C(C)=C(OC)C1=O. The molecule has 0 aromatic rings. The van der Waals surface area contributed by atoms with Crippen molar-refractivity contribution in [2.75, 3.05) is 7.11 Å². The molecule has 1 aliphatic rings. The van der Waals surface area contributed by atoms with Crippen LogP contribution >= 0.6 is 0 Å². The van der Waals surface area contributed by atoms with E-state index in [1.807, 2.05) is 0 Å². The first-order chi connectivity index (χ1) is 6.61. The molecule has 0 aromatic heterocycles. The summed E-state index contributed by atoms with van der Waals surface area (Å²) in [6, 6.07) is 0. The summed E-state index contributed by atoms with van der Waals surface area (Å²) in [5.41, 5.74) is 0.803. The predicted octanol–water partition coefficient (Wildman–Crippen LogP) is 1.56. The second kappa shape index (κ2) is 4.05. The molecule has 1 rings (SSSR count). The van der Waals surface area contributed by atoms with Crippen molar-refractivity contribution < 1.29 is 14.3 Å². The molecule has 0 heterocycles. The average molecular weight is 192 g/mol. The molecule has 74 valence electrons. The molecular formula is C11H12O3. The van der Waals surface area contributed by atoms with Gasteiger partial charge in [-0.05, 0) is 19.4 Å². The van der Waals surface area contributed by atoms with Gasteiger partial charge >= 0.3 is 0 Å². The number of carbonyl (C=O) groups excluding carboxylic acids is 2. The number of methoxy groups -OCH3 is 1. The van der Waals surface area contributed by atoms with Crippen LogP contribution < -0.4 is 0 Å². The number of ketones is 2. The third kappa shape index (κ3) is 1.66. The molecule has 14 heavy (non-hydrogen) atoms. The van der Waals surface area contributed by atoms with Gasteiger partial charge < -0.3 is 4.74 Å². The molecule has 0 atom stereocenters. The summed E-state index contributed by atoms with van der Waals surface area (Å²) in [6.07, 6.45) is 3.33. The minimum absolute atomic E-state index is 0.148.